The van der Waals surface area contributed by atoms with Crippen molar-refractivity contribution in [2.24, 2.45) is 0 Å². The van der Waals surface area contributed by atoms with Gasteiger partial charge in [-0.3, -0.25) is 4.79 Å². The highest BCUT2D eigenvalue weighted by Gasteiger charge is 2.09. The molecule has 0 spiro atoms. The maximum atomic E-state index is 12.5. The molecule has 0 fully saturated rings. The Morgan fingerprint density at radius 3 is 2.50 bits per heavy atom. The van der Waals surface area contributed by atoms with E-state index in [-0.39, 0.29) is 17.1 Å². The van der Waals surface area contributed by atoms with Gasteiger partial charge < -0.3 is 5.11 Å². The molecule has 4 heteroatoms. The lowest BCUT2D eigenvalue weighted by atomic mass is 10.1. The lowest BCUT2D eigenvalue weighted by Gasteiger charge is -2.06. The molecular weight excluding hydrogens is 251 g/mol. The lowest BCUT2D eigenvalue weighted by molar-refractivity contribution is -0.136. The van der Waals surface area contributed by atoms with Gasteiger partial charge in [-0.2, -0.15) is 0 Å². The Morgan fingerprint density at radius 2 is 2.00 bits per heavy atom. The first-order valence-electron chi connectivity index (χ1n) is 4.18. The Labute approximate surface area is 89.9 Å². The van der Waals surface area contributed by atoms with Gasteiger partial charge in [0.05, 0.1) is 6.42 Å². The average molecular weight is 261 g/mol. The summed E-state index contributed by atoms with van der Waals surface area (Å²) in [5.74, 6) is -1.12. The third-order valence-electron chi connectivity index (χ3n) is 1.77. The van der Waals surface area contributed by atoms with E-state index in [1.54, 1.807) is 12.1 Å². The minimum Gasteiger partial charge on any atom is -0.481 e. The van der Waals surface area contributed by atoms with Crippen LogP contribution in [0.4, 0.5) is 4.39 Å². The van der Waals surface area contributed by atoms with Crippen molar-refractivity contribution in [2.75, 3.05) is 0 Å². The summed E-state index contributed by atoms with van der Waals surface area (Å²) in [5, 5.41) is 8.52. The lowest BCUT2D eigenvalue weighted by Crippen LogP contribution is -2.09. The van der Waals surface area contributed by atoms with Gasteiger partial charge in [-0.05, 0) is 24.1 Å². The zero-order valence-corrected chi connectivity index (χ0v) is 9.00. The number of hydrogen-bond donors (Lipinski definition) is 1. The topological polar surface area (TPSA) is 37.3 Å². The van der Waals surface area contributed by atoms with Gasteiger partial charge in [0.1, 0.15) is 5.82 Å². The molecule has 0 amide bonds. The standard InChI is InChI=1S/C10H10BrFO2/c11-8(6-10(13)14)5-7-1-3-9(12)4-2-7/h1-4,8H,5-6H2,(H,13,14). The molecule has 76 valence electrons. The van der Waals surface area contributed by atoms with Crippen molar-refractivity contribution >= 4 is 21.9 Å². The first-order valence-corrected chi connectivity index (χ1v) is 5.10. The monoisotopic (exact) mass is 260 g/mol. The van der Waals surface area contributed by atoms with E-state index in [2.05, 4.69) is 15.9 Å². The van der Waals surface area contributed by atoms with Crippen molar-refractivity contribution in [3.63, 3.8) is 0 Å². The van der Waals surface area contributed by atoms with Crippen LogP contribution in [-0.4, -0.2) is 15.9 Å². The fourth-order valence-corrected chi connectivity index (χ4v) is 1.79. The molecule has 14 heavy (non-hydrogen) atoms. The maximum Gasteiger partial charge on any atom is 0.304 e. The van der Waals surface area contributed by atoms with E-state index in [9.17, 15) is 9.18 Å². The highest BCUT2D eigenvalue weighted by atomic mass is 79.9. The molecule has 0 aliphatic rings. The average Bonchev–Trinajstić information content (AvgIpc) is 2.07. The molecule has 0 aromatic heterocycles. The van der Waals surface area contributed by atoms with Crippen LogP contribution in [0.5, 0.6) is 0 Å². The SMILES string of the molecule is O=C(O)CC(Br)Cc1ccc(F)cc1. The Morgan fingerprint density at radius 1 is 1.43 bits per heavy atom. The normalized spacial score (nSPS) is 12.4. The number of carbonyl (C=O) groups is 1. The van der Waals surface area contributed by atoms with Gasteiger partial charge in [-0.15, -0.1) is 0 Å². The van der Waals surface area contributed by atoms with Crippen molar-refractivity contribution in [3.05, 3.63) is 35.6 Å². The zero-order valence-electron chi connectivity index (χ0n) is 7.41. The number of alkyl halides is 1. The summed E-state index contributed by atoms with van der Waals surface area (Å²) in [4.78, 5) is 10.3. The van der Waals surface area contributed by atoms with Crippen molar-refractivity contribution in [2.45, 2.75) is 17.7 Å². The van der Waals surface area contributed by atoms with Gasteiger partial charge in [0, 0.05) is 4.83 Å². The van der Waals surface area contributed by atoms with Crippen LogP contribution in [0, 0.1) is 5.82 Å². The summed E-state index contributed by atoms with van der Waals surface area (Å²) in [6.07, 6.45) is 0.657. The molecule has 1 atom stereocenters. The molecule has 0 heterocycles. The molecular formula is C10H10BrFO2. The molecule has 1 N–H and O–H groups in total. The van der Waals surface area contributed by atoms with Crippen LogP contribution in [0.1, 0.15) is 12.0 Å². The van der Waals surface area contributed by atoms with Gasteiger partial charge in [-0.1, -0.05) is 28.1 Å². The summed E-state index contributed by atoms with van der Waals surface area (Å²) in [7, 11) is 0. The fraction of sp³-hybridized carbons (Fsp3) is 0.300. The molecule has 0 saturated heterocycles. The van der Waals surface area contributed by atoms with E-state index in [1.165, 1.54) is 12.1 Å². The second-order valence-corrected chi connectivity index (χ2v) is 4.32. The molecule has 1 aromatic rings. The van der Waals surface area contributed by atoms with Crippen molar-refractivity contribution in [3.8, 4) is 0 Å². The summed E-state index contributed by atoms with van der Waals surface area (Å²) < 4.78 is 12.5. The third kappa shape index (κ3) is 3.87. The number of rotatable bonds is 4. The molecule has 0 bridgehead atoms. The summed E-state index contributed by atoms with van der Waals surface area (Å²) in [6.45, 7) is 0. The summed E-state index contributed by atoms with van der Waals surface area (Å²) in [6, 6.07) is 6.06. The second kappa shape index (κ2) is 5.10. The van der Waals surface area contributed by atoms with E-state index in [0.717, 1.165) is 5.56 Å². The first kappa shape index (κ1) is 11.2. The van der Waals surface area contributed by atoms with Crippen LogP contribution < -0.4 is 0 Å². The zero-order chi connectivity index (χ0) is 10.6. The van der Waals surface area contributed by atoms with E-state index < -0.39 is 5.97 Å². The molecule has 0 saturated carbocycles. The largest absolute Gasteiger partial charge is 0.481 e. The van der Waals surface area contributed by atoms with Crippen molar-refractivity contribution in [1.29, 1.82) is 0 Å². The summed E-state index contributed by atoms with van der Waals surface area (Å²) in [5.41, 5.74) is 0.925. The van der Waals surface area contributed by atoms with Gasteiger partial charge in [-0.25, -0.2) is 4.39 Å². The molecule has 1 aromatic carbocycles. The first-order chi connectivity index (χ1) is 6.58. The Bertz CT molecular complexity index is 310. The van der Waals surface area contributed by atoms with Crippen LogP contribution in [0.3, 0.4) is 0 Å². The highest BCUT2D eigenvalue weighted by Crippen LogP contribution is 2.13. The number of carboxylic acid groups (broad SMARTS) is 1. The summed E-state index contributed by atoms with van der Waals surface area (Å²) >= 11 is 3.26. The minimum atomic E-state index is -0.839. The number of carboxylic acids is 1. The Kier molecular flexibility index (Phi) is 4.07. The molecule has 0 aliphatic carbocycles. The number of aliphatic carboxylic acids is 1. The minimum absolute atomic E-state index is 0.0668. The fourth-order valence-electron chi connectivity index (χ4n) is 1.14. The molecule has 2 nitrogen and oxygen atoms in total. The van der Waals surface area contributed by atoms with E-state index >= 15 is 0 Å². The highest BCUT2D eigenvalue weighted by molar-refractivity contribution is 9.09. The molecule has 1 unspecified atom stereocenters. The smallest absolute Gasteiger partial charge is 0.304 e. The Balaban J connectivity index is 2.51. The van der Waals surface area contributed by atoms with Crippen molar-refractivity contribution < 1.29 is 14.3 Å². The third-order valence-corrected chi connectivity index (χ3v) is 2.41. The molecule has 1 rings (SSSR count). The number of benzene rings is 1. The predicted molar refractivity (Wildman–Crippen MR) is 55.1 cm³/mol. The Hall–Kier alpha value is -0.900. The number of hydrogen-bond acceptors (Lipinski definition) is 1. The van der Waals surface area contributed by atoms with Gasteiger partial charge in [0.2, 0.25) is 0 Å². The van der Waals surface area contributed by atoms with E-state index in [0.29, 0.717) is 6.42 Å². The van der Waals surface area contributed by atoms with Crippen LogP contribution in [0.25, 0.3) is 0 Å². The predicted octanol–water partition coefficient (Wildman–Crippen LogP) is 2.61. The van der Waals surface area contributed by atoms with Crippen LogP contribution in [-0.2, 0) is 11.2 Å². The molecule has 0 aliphatic heterocycles. The second-order valence-electron chi connectivity index (χ2n) is 3.03. The maximum absolute atomic E-state index is 12.5. The van der Waals surface area contributed by atoms with Crippen LogP contribution >= 0.6 is 15.9 Å². The van der Waals surface area contributed by atoms with Gasteiger partial charge in [0.25, 0.3) is 0 Å². The number of halogens is 2. The van der Waals surface area contributed by atoms with Crippen molar-refractivity contribution in [1.82, 2.24) is 0 Å². The van der Waals surface area contributed by atoms with E-state index in [1.807, 2.05) is 0 Å². The quantitative estimate of drug-likeness (QED) is 0.846. The molecule has 0 radical (unpaired) electrons. The van der Waals surface area contributed by atoms with E-state index in [4.69, 9.17) is 5.11 Å². The van der Waals surface area contributed by atoms with Gasteiger partial charge in [0.15, 0.2) is 0 Å². The van der Waals surface area contributed by atoms with Crippen LogP contribution in [0.2, 0.25) is 0 Å². The van der Waals surface area contributed by atoms with Crippen LogP contribution in [0.15, 0.2) is 24.3 Å². The van der Waals surface area contributed by atoms with Gasteiger partial charge >= 0.3 is 5.97 Å².